The summed E-state index contributed by atoms with van der Waals surface area (Å²) in [5.74, 6) is 0. The first-order valence-electron chi connectivity index (χ1n) is 34.6. The average molecular weight is 789 g/mol. The molecule has 0 unspecified atom stereocenters. The van der Waals surface area contributed by atoms with Gasteiger partial charge in [-0.15, -0.1) is 0 Å². The Kier molecular flexibility index (Phi) is 3.38. The van der Waals surface area contributed by atoms with Gasteiger partial charge in [0, 0.05) is 44.2 Å². The molecule has 0 aromatic heterocycles. The quantitative estimate of drug-likeness (QED) is 0.162. The first-order chi connectivity index (χ1) is 42.4. The molecule has 1 nitrogen and oxygen atoms in total. The smallest absolute Gasteiger partial charge is 0.0645 e. The van der Waals surface area contributed by atoms with Crippen LogP contribution in [0, 0.1) is 0 Å². The molecule has 9 aromatic carbocycles. The van der Waals surface area contributed by atoms with Gasteiger partial charge < -0.3 is 4.90 Å². The van der Waals surface area contributed by atoms with Crippen molar-refractivity contribution in [2.75, 3.05) is 4.90 Å². The topological polar surface area (TPSA) is 3.24 Å². The Morgan fingerprint density at radius 1 is 0.407 bits per heavy atom. The molecule has 0 saturated carbocycles. The Bertz CT molecular complexity index is 4750. The monoisotopic (exact) mass is 789 g/mol. The maximum atomic E-state index is 10.1. The summed E-state index contributed by atoms with van der Waals surface area (Å²) < 4.78 is 302. The Hall–Kier alpha value is -6.96. The maximum Gasteiger partial charge on any atom is 0.0645 e. The summed E-state index contributed by atoms with van der Waals surface area (Å²) in [5.41, 5.74) is -17.3. The zero-order chi connectivity index (χ0) is 68.2. The van der Waals surface area contributed by atoms with Crippen molar-refractivity contribution in [1.29, 1.82) is 0 Å². The Morgan fingerprint density at radius 2 is 1.20 bits per heavy atom. The third kappa shape index (κ3) is 5.38. The number of benzene rings is 9. The average Bonchev–Trinajstić information content (AvgIpc) is 1.50. The van der Waals surface area contributed by atoms with E-state index >= 15 is 0 Å². The lowest BCUT2D eigenvalue weighted by atomic mass is 9.81. The van der Waals surface area contributed by atoms with Gasteiger partial charge in [-0.05, 0) is 113 Å². The van der Waals surface area contributed by atoms with Crippen LogP contribution in [0.15, 0.2) is 200 Å². The molecule has 1 heteroatoms. The van der Waals surface area contributed by atoms with Gasteiger partial charge in [0.15, 0.2) is 0 Å². The van der Waals surface area contributed by atoms with Crippen LogP contribution in [0.1, 0.15) is 94.9 Å². The van der Waals surface area contributed by atoms with Gasteiger partial charge in [-0.3, -0.25) is 0 Å². The predicted molar refractivity (Wildman–Crippen MR) is 250 cm³/mol. The van der Waals surface area contributed by atoms with Crippen LogP contribution >= 0.6 is 0 Å². The molecule has 0 fully saturated rings. The second-order valence-corrected chi connectivity index (χ2v) is 13.9. The van der Waals surface area contributed by atoms with Crippen LogP contribution in [-0.4, -0.2) is 0 Å². The van der Waals surface area contributed by atoms with Crippen molar-refractivity contribution < 1.29 is 45.2 Å². The molecule has 0 N–H and O–H groups in total. The first-order valence-corrected chi connectivity index (χ1v) is 18.1. The highest BCUT2D eigenvalue weighted by Crippen LogP contribution is 2.55. The second kappa shape index (κ2) is 13.3. The zero-order valence-corrected chi connectivity index (χ0v) is 30.4. The van der Waals surface area contributed by atoms with Crippen LogP contribution < -0.4 is 4.90 Å². The molecule has 9 aromatic rings. The van der Waals surface area contributed by atoms with Crippen molar-refractivity contribution >= 4 is 27.8 Å². The standard InChI is InChI=1S/C58H45N/c1-57(2)51-26-14-11-23-48(51)56-49(24-16-27-52(56)57)55-44-21-9-8-19-39(44)31-35-45(55)40-29-32-41(33-30-40)59(54-28-15-12-20-43(54)38-17-6-5-7-18-38)42-34-36-47-46-22-10-13-25-50(46)58(3,4)53(47)37-42/h5-37H,1-4H3/i1D3,2D3,3D3,4D3,6D,8D,9D,10D,11D,12D,13D,15D,16D,18D,19D,20D,24D,26D,27D,28D,29D,30D,32D,34D,36D. The zero-order valence-electron chi connectivity index (χ0n) is 63.4. The summed E-state index contributed by atoms with van der Waals surface area (Å²) >= 11 is 0. The van der Waals surface area contributed by atoms with Crippen LogP contribution in [0.25, 0.3) is 66.4 Å². The minimum Gasteiger partial charge on any atom is -0.310 e. The molecular formula is C58H45N. The van der Waals surface area contributed by atoms with Crippen LogP contribution in [0.3, 0.4) is 0 Å². The summed E-state index contributed by atoms with van der Waals surface area (Å²) in [5, 5.41) is -0.506. The Labute approximate surface area is 394 Å². The van der Waals surface area contributed by atoms with Crippen LogP contribution in [0.2, 0.25) is 0 Å². The van der Waals surface area contributed by atoms with E-state index in [1.54, 1.807) is 0 Å². The van der Waals surface area contributed by atoms with Gasteiger partial charge in [0.1, 0.15) is 0 Å². The first kappa shape index (κ1) is 15.0. The molecule has 0 aliphatic heterocycles. The van der Waals surface area contributed by atoms with Crippen molar-refractivity contribution in [1.82, 2.24) is 0 Å². The lowest BCUT2D eigenvalue weighted by Gasteiger charge is -2.30. The van der Waals surface area contributed by atoms with Crippen molar-refractivity contribution in [3.05, 3.63) is 222 Å². The predicted octanol–water partition coefficient (Wildman–Crippen LogP) is 15.9. The lowest BCUT2D eigenvalue weighted by Crippen LogP contribution is -2.16. The number of nitrogens with zero attached hydrogens (tertiary/aromatic N) is 1. The molecule has 0 saturated heterocycles. The molecule has 0 heterocycles. The number of rotatable bonds is 6. The van der Waals surface area contributed by atoms with E-state index in [0.29, 0.717) is 4.90 Å². The van der Waals surface area contributed by atoms with Crippen molar-refractivity contribution in [2.24, 2.45) is 0 Å². The minimum absolute atomic E-state index is 0.204. The van der Waals surface area contributed by atoms with Crippen LogP contribution in [0.5, 0.6) is 0 Å². The van der Waals surface area contributed by atoms with E-state index < -0.39 is 248 Å². The molecule has 0 spiro atoms. The lowest BCUT2D eigenvalue weighted by molar-refractivity contribution is 0.660. The molecule has 0 atom stereocenters. The number of hydrogen-bond acceptors (Lipinski definition) is 1. The fourth-order valence-electron chi connectivity index (χ4n) is 7.99. The van der Waals surface area contributed by atoms with Crippen LogP contribution in [0.4, 0.5) is 17.1 Å². The Morgan fingerprint density at radius 3 is 2.14 bits per heavy atom. The largest absolute Gasteiger partial charge is 0.310 e. The summed E-state index contributed by atoms with van der Waals surface area (Å²) in [7, 11) is 0. The fourth-order valence-corrected chi connectivity index (χ4v) is 7.99. The minimum atomic E-state index is -3.72. The summed E-state index contributed by atoms with van der Waals surface area (Å²) in [6, 6.07) is -5.38. The van der Waals surface area contributed by atoms with Gasteiger partial charge in [0.25, 0.3) is 0 Å². The van der Waals surface area contributed by atoms with E-state index in [1.807, 2.05) is 0 Å². The van der Waals surface area contributed by atoms with Crippen LogP contribution in [-0.2, 0) is 10.8 Å². The third-order valence-corrected chi connectivity index (χ3v) is 10.6. The van der Waals surface area contributed by atoms with Gasteiger partial charge in [-0.2, -0.15) is 0 Å². The van der Waals surface area contributed by atoms with Gasteiger partial charge in [-0.1, -0.05) is 197 Å². The number of para-hydroxylation sites is 1. The summed E-state index contributed by atoms with van der Waals surface area (Å²) in [6.07, 6.45) is 0. The van der Waals surface area contributed by atoms with Gasteiger partial charge in [0.2, 0.25) is 0 Å². The van der Waals surface area contributed by atoms with E-state index in [4.69, 9.17) is 31.5 Å². The summed E-state index contributed by atoms with van der Waals surface area (Å²) in [4.78, 5) is 0.672. The number of hydrogen-bond donors (Lipinski definition) is 0. The molecule has 282 valence electrons. The maximum absolute atomic E-state index is 10.1. The highest BCUT2D eigenvalue weighted by atomic mass is 15.1. The second-order valence-electron chi connectivity index (χ2n) is 13.9. The third-order valence-electron chi connectivity index (χ3n) is 10.6. The van der Waals surface area contributed by atoms with Crippen molar-refractivity contribution in [3.8, 4) is 55.6 Å². The molecule has 59 heavy (non-hydrogen) atoms. The van der Waals surface area contributed by atoms with Crippen molar-refractivity contribution in [2.45, 2.75) is 38.2 Å². The van der Waals surface area contributed by atoms with E-state index in [-0.39, 0.29) is 22.4 Å². The molecule has 2 aliphatic carbocycles. The van der Waals surface area contributed by atoms with E-state index in [1.165, 1.54) is 12.1 Å². The van der Waals surface area contributed by atoms with E-state index in [0.717, 1.165) is 60.7 Å². The number of anilines is 3. The molecule has 11 rings (SSSR count). The van der Waals surface area contributed by atoms with Crippen molar-refractivity contribution in [3.63, 3.8) is 0 Å². The highest BCUT2D eigenvalue weighted by molar-refractivity contribution is 6.09. The summed E-state index contributed by atoms with van der Waals surface area (Å²) in [6.45, 7) is -14.8. The van der Waals surface area contributed by atoms with Gasteiger partial charge >= 0.3 is 0 Å². The molecular weight excluding hydrogens is 711 g/mol. The fraction of sp³-hybridized carbons (Fsp3) is 0.103. The number of fused-ring (bicyclic) bond motifs is 7. The highest BCUT2D eigenvalue weighted by Gasteiger charge is 2.38. The van der Waals surface area contributed by atoms with Gasteiger partial charge in [0.05, 0.1) is 34.5 Å². The SMILES string of the molecule is [2H]c1ccc([2H])c(-c2c([2H])c([2H])c([2H])c([2H])c2N(c2cc([2H])c(-c3ccc4c([2H])c([2H])c([2H])cc4c3-c3c([2H])c([2H])c([2H])c4c3-c3cc([2H])cc([2H])c3C4(C([2H])([2H])[2H])C([2H])([2H])[2H])c([2H])c2[2H])c2cc3c(c([2H])c2[2H])-c2cc([2H])c([2H])cc2C3(C([2H])([2H])[2H])C([2H])([2H])[2H])c1. The Balaban J connectivity index is 1.33. The van der Waals surface area contributed by atoms with E-state index in [2.05, 4.69) is 0 Å². The van der Waals surface area contributed by atoms with Gasteiger partial charge in [-0.25, -0.2) is 0 Å². The molecule has 0 bridgehead atoms. The molecule has 2 aliphatic rings. The van der Waals surface area contributed by atoms with E-state index in [9.17, 15) is 13.7 Å². The molecule has 0 amide bonds. The normalized spacial score (nSPS) is 22.9. The molecule has 0 radical (unpaired) electrons.